The molecule has 0 N–H and O–H groups in total. The Morgan fingerprint density at radius 3 is 2.60 bits per heavy atom. The monoisotopic (exact) mass is 441 g/mol. The minimum absolute atomic E-state index is 0.111. The lowest BCUT2D eigenvalue weighted by Crippen LogP contribution is -2.40. The average molecular weight is 442 g/mol. The number of amides is 1. The molecule has 1 atom stereocenters. The number of fused-ring (bicyclic) bond motifs is 1. The summed E-state index contributed by atoms with van der Waals surface area (Å²) in [6.45, 7) is 1.80. The van der Waals surface area contributed by atoms with E-state index in [0.29, 0.717) is 17.5 Å². The third kappa shape index (κ3) is 3.36. The first-order valence-corrected chi connectivity index (χ1v) is 9.01. The van der Waals surface area contributed by atoms with Gasteiger partial charge in [0.25, 0.3) is 11.9 Å². The van der Waals surface area contributed by atoms with Gasteiger partial charge in [-0.1, -0.05) is 16.8 Å². The van der Waals surface area contributed by atoms with Crippen LogP contribution in [-0.2, 0) is 12.6 Å². The molecule has 0 aromatic carbocycles. The second kappa shape index (κ2) is 7.27. The van der Waals surface area contributed by atoms with Gasteiger partial charge in [0, 0.05) is 19.2 Å². The van der Waals surface area contributed by atoms with Gasteiger partial charge in [0.05, 0.1) is 34.7 Å². The lowest BCUT2D eigenvalue weighted by atomic mass is 10.0. The number of hydrogen-bond acceptors (Lipinski definition) is 6. The van der Waals surface area contributed by atoms with Crippen molar-refractivity contribution in [2.45, 2.75) is 25.6 Å². The molecule has 4 heterocycles. The van der Waals surface area contributed by atoms with E-state index < -0.39 is 40.2 Å². The first kappa shape index (κ1) is 20.1. The third-order valence-corrected chi connectivity index (χ3v) is 5.08. The summed E-state index contributed by atoms with van der Waals surface area (Å²) in [6, 6.07) is 0.0911. The van der Waals surface area contributed by atoms with Crippen LogP contribution in [0.3, 0.4) is 0 Å². The van der Waals surface area contributed by atoms with Crippen LogP contribution in [0.15, 0.2) is 24.7 Å². The number of carbonyl (C=O) groups is 1. The second-order valence-electron chi connectivity index (χ2n) is 6.48. The van der Waals surface area contributed by atoms with Crippen LogP contribution in [0.1, 0.15) is 40.4 Å². The fraction of sp³-hybridized carbons (Fsp3) is 0.294. The van der Waals surface area contributed by atoms with E-state index >= 15 is 0 Å². The van der Waals surface area contributed by atoms with Gasteiger partial charge in [-0.3, -0.25) is 4.79 Å². The van der Waals surface area contributed by atoms with Crippen LogP contribution >= 0.6 is 11.6 Å². The normalized spacial score (nSPS) is 16.5. The van der Waals surface area contributed by atoms with Crippen LogP contribution in [0, 0.1) is 5.82 Å². The molecule has 1 unspecified atom stereocenters. The van der Waals surface area contributed by atoms with Gasteiger partial charge in [0.1, 0.15) is 11.4 Å². The van der Waals surface area contributed by atoms with Gasteiger partial charge >= 0.3 is 6.18 Å². The van der Waals surface area contributed by atoms with Crippen LogP contribution < -0.4 is 0 Å². The minimum atomic E-state index is -4.71. The fourth-order valence-corrected chi connectivity index (χ4v) is 3.54. The quantitative estimate of drug-likeness (QED) is 0.568. The first-order valence-electron chi connectivity index (χ1n) is 8.63. The molecule has 30 heavy (non-hydrogen) atoms. The Morgan fingerprint density at radius 1 is 1.23 bits per heavy atom. The summed E-state index contributed by atoms with van der Waals surface area (Å²) in [7, 11) is 0. The van der Waals surface area contributed by atoms with Gasteiger partial charge in [-0.05, 0) is 13.0 Å². The number of aromatic nitrogens is 6. The Bertz CT molecular complexity index is 1120. The third-order valence-electron chi connectivity index (χ3n) is 4.70. The Morgan fingerprint density at radius 2 is 1.93 bits per heavy atom. The number of halogens is 5. The number of pyridine rings is 1. The van der Waals surface area contributed by atoms with Gasteiger partial charge in [-0.15, -0.1) is 5.10 Å². The van der Waals surface area contributed by atoms with Crippen LogP contribution in [0.4, 0.5) is 17.6 Å². The van der Waals surface area contributed by atoms with E-state index in [4.69, 9.17) is 11.6 Å². The Hall–Kier alpha value is -3.15. The predicted molar refractivity (Wildman–Crippen MR) is 94.3 cm³/mol. The highest BCUT2D eigenvalue weighted by molar-refractivity contribution is 6.34. The summed E-state index contributed by atoms with van der Waals surface area (Å²) >= 11 is 5.84. The summed E-state index contributed by atoms with van der Waals surface area (Å²) in [5, 5.41) is 7.27. The summed E-state index contributed by atoms with van der Waals surface area (Å²) < 4.78 is 53.7. The molecular weight excluding hydrogens is 430 g/mol. The molecule has 0 aliphatic carbocycles. The molecule has 0 saturated heterocycles. The SMILES string of the molecule is CC1c2nnn(-c3ncc(F)cn3)c2CCN1C(=O)c1nccc(C(F)(F)F)c1Cl. The smallest absolute Gasteiger partial charge is 0.328 e. The zero-order valence-corrected chi connectivity index (χ0v) is 16.0. The van der Waals surface area contributed by atoms with E-state index in [9.17, 15) is 22.4 Å². The van der Waals surface area contributed by atoms with Gasteiger partial charge in [-0.25, -0.2) is 19.3 Å². The van der Waals surface area contributed by atoms with Crippen molar-refractivity contribution in [3.8, 4) is 5.95 Å². The number of nitrogens with zero attached hydrogens (tertiary/aromatic N) is 7. The topological polar surface area (TPSA) is 89.7 Å². The van der Waals surface area contributed by atoms with Gasteiger partial charge in [0.2, 0.25) is 0 Å². The summed E-state index contributed by atoms with van der Waals surface area (Å²) in [5.41, 5.74) is -0.588. The highest BCUT2D eigenvalue weighted by Crippen LogP contribution is 2.37. The van der Waals surface area contributed by atoms with Crippen molar-refractivity contribution in [2.24, 2.45) is 0 Å². The summed E-state index contributed by atoms with van der Waals surface area (Å²) in [6.07, 6.45) is -1.58. The van der Waals surface area contributed by atoms with Crippen LogP contribution in [0.25, 0.3) is 5.95 Å². The molecule has 0 fully saturated rings. The van der Waals surface area contributed by atoms with Crippen LogP contribution in [0.5, 0.6) is 0 Å². The van der Waals surface area contributed by atoms with E-state index in [0.717, 1.165) is 18.6 Å². The van der Waals surface area contributed by atoms with Crippen molar-refractivity contribution in [3.63, 3.8) is 0 Å². The van der Waals surface area contributed by atoms with E-state index in [2.05, 4.69) is 25.3 Å². The van der Waals surface area contributed by atoms with E-state index in [1.54, 1.807) is 6.92 Å². The zero-order valence-electron chi connectivity index (χ0n) is 15.2. The number of hydrogen-bond donors (Lipinski definition) is 0. The summed E-state index contributed by atoms with van der Waals surface area (Å²) in [4.78, 5) is 25.7. The second-order valence-corrected chi connectivity index (χ2v) is 6.86. The minimum Gasteiger partial charge on any atom is -0.328 e. The zero-order chi connectivity index (χ0) is 21.6. The predicted octanol–water partition coefficient (Wildman–Crippen LogP) is 3.02. The molecule has 3 aromatic rings. The van der Waals surface area contributed by atoms with Crippen molar-refractivity contribution in [1.29, 1.82) is 0 Å². The van der Waals surface area contributed by atoms with Crippen molar-refractivity contribution < 1.29 is 22.4 Å². The molecule has 0 spiro atoms. The molecule has 4 rings (SSSR count). The Kier molecular flexibility index (Phi) is 4.88. The van der Waals surface area contributed by atoms with Gasteiger partial charge in [0.15, 0.2) is 5.82 Å². The van der Waals surface area contributed by atoms with Crippen LogP contribution in [-0.4, -0.2) is 47.3 Å². The first-order chi connectivity index (χ1) is 14.2. The average Bonchev–Trinajstić information content (AvgIpc) is 3.13. The molecule has 1 amide bonds. The molecule has 1 aliphatic rings. The number of carbonyl (C=O) groups excluding carboxylic acids is 1. The van der Waals surface area contributed by atoms with Crippen LogP contribution in [0.2, 0.25) is 5.02 Å². The molecule has 1 aliphatic heterocycles. The number of rotatable bonds is 2. The molecule has 156 valence electrons. The maximum absolute atomic E-state index is 13.1. The van der Waals surface area contributed by atoms with Crippen molar-refractivity contribution in [2.75, 3.05) is 6.54 Å². The highest BCUT2D eigenvalue weighted by Gasteiger charge is 2.38. The molecule has 0 radical (unpaired) electrons. The van der Waals surface area contributed by atoms with Crippen molar-refractivity contribution >= 4 is 17.5 Å². The maximum Gasteiger partial charge on any atom is 0.417 e. The fourth-order valence-electron chi connectivity index (χ4n) is 3.24. The van der Waals surface area contributed by atoms with Crippen molar-refractivity contribution in [1.82, 2.24) is 34.8 Å². The maximum atomic E-state index is 13.1. The Balaban J connectivity index is 1.66. The lowest BCUT2D eigenvalue weighted by molar-refractivity contribution is -0.137. The number of alkyl halides is 3. The largest absolute Gasteiger partial charge is 0.417 e. The molecule has 8 nitrogen and oxygen atoms in total. The molecule has 0 bridgehead atoms. The molecule has 3 aromatic heterocycles. The molecule has 13 heteroatoms. The van der Waals surface area contributed by atoms with Gasteiger partial charge < -0.3 is 4.90 Å². The molecular formula is C17H12ClF4N7O. The standard InChI is InChI=1S/C17H12ClF4N7O/c1-8-13-11(29(27-26-13)16-24-6-9(19)7-25-16)3-5-28(8)15(30)14-12(18)10(2-4-23-14)17(20,21)22/h2,4,6-8H,3,5H2,1H3. The van der Waals surface area contributed by atoms with E-state index in [1.807, 2.05) is 0 Å². The van der Waals surface area contributed by atoms with E-state index in [1.165, 1.54) is 9.58 Å². The van der Waals surface area contributed by atoms with Gasteiger partial charge in [-0.2, -0.15) is 17.9 Å². The van der Waals surface area contributed by atoms with Crippen molar-refractivity contribution in [3.05, 3.63) is 58.1 Å². The lowest BCUT2D eigenvalue weighted by Gasteiger charge is -2.32. The highest BCUT2D eigenvalue weighted by atomic mass is 35.5. The molecule has 0 saturated carbocycles. The Labute approximate surface area is 171 Å². The van der Waals surface area contributed by atoms with E-state index in [-0.39, 0.29) is 18.9 Å². The summed E-state index contributed by atoms with van der Waals surface area (Å²) in [5.74, 6) is -1.25.